The van der Waals surface area contributed by atoms with Crippen molar-refractivity contribution in [1.82, 2.24) is 0 Å². The van der Waals surface area contributed by atoms with E-state index in [-0.39, 0.29) is 23.9 Å². The largest absolute Gasteiger partial charge is 0.299 e. The van der Waals surface area contributed by atoms with Gasteiger partial charge in [-0.05, 0) is 17.0 Å². The Kier molecular flexibility index (Phi) is 3.13. The molecule has 2 rings (SSSR count). The lowest BCUT2D eigenvalue weighted by Gasteiger charge is -2.20. The Morgan fingerprint density at radius 2 is 1.88 bits per heavy atom. The number of hydrogen-bond acceptors (Lipinski definition) is 2. The molecule has 16 heavy (non-hydrogen) atoms. The standard InChI is InChI=1S/C13H13FO2/c14-8-9-2-1-3-10(4-9)11-5-12(15)7-13(16)6-11/h1-4,11H,5-8H2. The first kappa shape index (κ1) is 11.0. The van der Waals surface area contributed by atoms with Gasteiger partial charge in [0.05, 0.1) is 6.42 Å². The molecule has 0 aromatic heterocycles. The minimum Gasteiger partial charge on any atom is -0.299 e. The van der Waals surface area contributed by atoms with Gasteiger partial charge in [0.2, 0.25) is 0 Å². The van der Waals surface area contributed by atoms with Gasteiger partial charge >= 0.3 is 0 Å². The van der Waals surface area contributed by atoms with E-state index in [4.69, 9.17) is 0 Å². The molecule has 1 saturated carbocycles. The Balaban J connectivity index is 2.22. The molecule has 0 N–H and O–H groups in total. The zero-order chi connectivity index (χ0) is 11.5. The molecule has 84 valence electrons. The van der Waals surface area contributed by atoms with E-state index in [1.165, 1.54) is 0 Å². The van der Waals surface area contributed by atoms with Crippen LogP contribution in [0.25, 0.3) is 0 Å². The summed E-state index contributed by atoms with van der Waals surface area (Å²) in [5.41, 5.74) is 1.50. The molecule has 0 atom stereocenters. The summed E-state index contributed by atoms with van der Waals surface area (Å²) in [5, 5.41) is 0. The quantitative estimate of drug-likeness (QED) is 0.718. The monoisotopic (exact) mass is 220 g/mol. The van der Waals surface area contributed by atoms with Gasteiger partial charge in [-0.2, -0.15) is 0 Å². The van der Waals surface area contributed by atoms with Crippen LogP contribution < -0.4 is 0 Å². The van der Waals surface area contributed by atoms with Crippen molar-refractivity contribution in [1.29, 1.82) is 0 Å². The van der Waals surface area contributed by atoms with Gasteiger partial charge in [-0.15, -0.1) is 0 Å². The van der Waals surface area contributed by atoms with Crippen LogP contribution in [0.3, 0.4) is 0 Å². The third-order valence-electron chi connectivity index (χ3n) is 2.92. The number of halogens is 1. The summed E-state index contributed by atoms with van der Waals surface area (Å²) >= 11 is 0. The molecule has 1 aromatic rings. The number of carbonyl (C=O) groups is 2. The first-order valence-corrected chi connectivity index (χ1v) is 5.37. The number of rotatable bonds is 2. The number of benzene rings is 1. The van der Waals surface area contributed by atoms with Crippen molar-refractivity contribution < 1.29 is 14.0 Å². The van der Waals surface area contributed by atoms with Gasteiger partial charge in [-0.25, -0.2) is 4.39 Å². The summed E-state index contributed by atoms with van der Waals surface area (Å²) in [4.78, 5) is 22.6. The lowest BCUT2D eigenvalue weighted by molar-refractivity contribution is -0.130. The van der Waals surface area contributed by atoms with E-state index >= 15 is 0 Å². The second-order valence-electron chi connectivity index (χ2n) is 4.24. The predicted molar refractivity (Wildman–Crippen MR) is 57.9 cm³/mol. The number of carbonyl (C=O) groups excluding carboxylic acids is 2. The third kappa shape index (κ3) is 2.35. The Labute approximate surface area is 93.5 Å². The van der Waals surface area contributed by atoms with E-state index in [2.05, 4.69) is 0 Å². The SMILES string of the molecule is O=C1CC(=O)CC(c2cccc(CF)c2)C1. The van der Waals surface area contributed by atoms with Crippen molar-refractivity contribution in [2.75, 3.05) is 0 Å². The van der Waals surface area contributed by atoms with Gasteiger partial charge in [0.25, 0.3) is 0 Å². The molecule has 3 heteroatoms. The van der Waals surface area contributed by atoms with Crippen LogP contribution in [-0.4, -0.2) is 11.6 Å². The van der Waals surface area contributed by atoms with Crippen LogP contribution in [-0.2, 0) is 16.3 Å². The van der Waals surface area contributed by atoms with E-state index < -0.39 is 6.67 Å². The van der Waals surface area contributed by atoms with E-state index in [1.54, 1.807) is 18.2 Å². The van der Waals surface area contributed by atoms with Crippen LogP contribution in [0.5, 0.6) is 0 Å². The van der Waals surface area contributed by atoms with Crippen molar-refractivity contribution in [3.63, 3.8) is 0 Å². The molecular formula is C13H13FO2. The number of ketones is 2. The van der Waals surface area contributed by atoms with Crippen LogP contribution in [0.1, 0.15) is 36.3 Å². The molecule has 1 aromatic carbocycles. The zero-order valence-electron chi connectivity index (χ0n) is 8.91. The Hall–Kier alpha value is -1.51. The minimum atomic E-state index is -0.511. The summed E-state index contributed by atoms with van der Waals surface area (Å²) < 4.78 is 12.5. The van der Waals surface area contributed by atoms with Gasteiger partial charge in [-0.3, -0.25) is 9.59 Å². The van der Waals surface area contributed by atoms with Gasteiger partial charge < -0.3 is 0 Å². The normalized spacial score (nSPS) is 17.8. The van der Waals surface area contributed by atoms with Crippen molar-refractivity contribution >= 4 is 11.6 Å². The summed E-state index contributed by atoms with van der Waals surface area (Å²) in [6, 6.07) is 7.08. The maximum atomic E-state index is 12.5. The molecule has 2 nitrogen and oxygen atoms in total. The number of Topliss-reactive ketones (excluding diaryl/α,β-unsaturated/α-hetero) is 2. The molecule has 0 bridgehead atoms. The van der Waals surface area contributed by atoms with Crippen molar-refractivity contribution in [2.45, 2.75) is 31.9 Å². The Morgan fingerprint density at radius 1 is 1.19 bits per heavy atom. The fourth-order valence-electron chi connectivity index (χ4n) is 2.15. The summed E-state index contributed by atoms with van der Waals surface area (Å²) in [7, 11) is 0. The smallest absolute Gasteiger partial charge is 0.140 e. The fraction of sp³-hybridized carbons (Fsp3) is 0.385. The van der Waals surface area contributed by atoms with Crippen LogP contribution in [0, 0.1) is 0 Å². The van der Waals surface area contributed by atoms with Crippen molar-refractivity contribution in [3.05, 3.63) is 35.4 Å². The molecule has 0 spiro atoms. The number of alkyl halides is 1. The highest BCUT2D eigenvalue weighted by atomic mass is 19.1. The third-order valence-corrected chi connectivity index (χ3v) is 2.92. The lowest BCUT2D eigenvalue weighted by Crippen LogP contribution is -2.21. The summed E-state index contributed by atoms with van der Waals surface area (Å²) in [6.07, 6.45) is 0.877. The van der Waals surface area contributed by atoms with Crippen molar-refractivity contribution in [3.8, 4) is 0 Å². The highest BCUT2D eigenvalue weighted by Crippen LogP contribution is 2.29. The van der Waals surface area contributed by atoms with E-state index in [0.717, 1.165) is 5.56 Å². The zero-order valence-corrected chi connectivity index (χ0v) is 8.91. The highest BCUT2D eigenvalue weighted by Gasteiger charge is 2.26. The second-order valence-corrected chi connectivity index (χ2v) is 4.24. The first-order valence-electron chi connectivity index (χ1n) is 5.37. The average Bonchev–Trinajstić information content (AvgIpc) is 2.28. The van der Waals surface area contributed by atoms with Gasteiger partial charge in [0.1, 0.15) is 18.2 Å². The maximum Gasteiger partial charge on any atom is 0.140 e. The highest BCUT2D eigenvalue weighted by molar-refractivity contribution is 6.02. The van der Waals surface area contributed by atoms with Crippen LogP contribution in [0.15, 0.2) is 24.3 Å². The minimum absolute atomic E-state index is 0.00750. The predicted octanol–water partition coefficient (Wildman–Crippen LogP) is 2.56. The molecule has 1 fully saturated rings. The van der Waals surface area contributed by atoms with Gasteiger partial charge in [0.15, 0.2) is 0 Å². The van der Waals surface area contributed by atoms with Crippen LogP contribution in [0.2, 0.25) is 0 Å². The van der Waals surface area contributed by atoms with E-state index in [1.807, 2.05) is 6.07 Å². The molecule has 0 saturated heterocycles. The molecule has 0 amide bonds. The average molecular weight is 220 g/mol. The van der Waals surface area contributed by atoms with Crippen LogP contribution >= 0.6 is 0 Å². The maximum absolute atomic E-state index is 12.5. The molecule has 1 aliphatic rings. The molecular weight excluding hydrogens is 207 g/mol. The van der Waals surface area contributed by atoms with E-state index in [9.17, 15) is 14.0 Å². The molecule has 0 unspecified atom stereocenters. The summed E-state index contributed by atoms with van der Waals surface area (Å²) in [5.74, 6) is -0.0703. The lowest BCUT2D eigenvalue weighted by atomic mass is 9.82. The molecule has 0 heterocycles. The molecule has 1 aliphatic carbocycles. The first-order chi connectivity index (χ1) is 7.69. The Bertz CT molecular complexity index is 410. The fourth-order valence-corrected chi connectivity index (χ4v) is 2.15. The molecule has 0 radical (unpaired) electrons. The van der Waals surface area contributed by atoms with Crippen molar-refractivity contribution in [2.24, 2.45) is 0 Å². The van der Waals surface area contributed by atoms with Gasteiger partial charge in [-0.1, -0.05) is 24.3 Å². The van der Waals surface area contributed by atoms with Gasteiger partial charge in [0, 0.05) is 12.8 Å². The Morgan fingerprint density at radius 3 is 2.50 bits per heavy atom. The van der Waals surface area contributed by atoms with E-state index in [0.29, 0.717) is 18.4 Å². The van der Waals surface area contributed by atoms with Crippen LogP contribution in [0.4, 0.5) is 4.39 Å². The second kappa shape index (κ2) is 4.56. The topological polar surface area (TPSA) is 34.1 Å². The summed E-state index contributed by atoms with van der Waals surface area (Å²) in [6.45, 7) is -0.511. The number of hydrogen-bond donors (Lipinski definition) is 0. The molecule has 0 aliphatic heterocycles.